The molecule has 1 saturated heterocycles. The number of esters is 1. The fourth-order valence-corrected chi connectivity index (χ4v) is 3.56. The second kappa shape index (κ2) is 10.0. The van der Waals surface area contributed by atoms with E-state index in [1.165, 1.54) is 7.11 Å². The fourth-order valence-electron chi connectivity index (χ4n) is 3.56. The van der Waals surface area contributed by atoms with Crippen molar-refractivity contribution >= 4 is 17.6 Å². The van der Waals surface area contributed by atoms with Gasteiger partial charge in [0.2, 0.25) is 0 Å². The lowest BCUT2D eigenvalue weighted by Gasteiger charge is -2.38. The fraction of sp³-hybridized carbons (Fsp3) is 0.455. The Bertz CT molecular complexity index is 885. The Labute approximate surface area is 177 Å². The van der Waals surface area contributed by atoms with Crippen molar-refractivity contribution in [3.05, 3.63) is 47.4 Å². The van der Waals surface area contributed by atoms with Crippen LogP contribution in [0.4, 0.5) is 5.69 Å². The third-order valence-corrected chi connectivity index (χ3v) is 5.10. The van der Waals surface area contributed by atoms with Gasteiger partial charge in [0, 0.05) is 32.7 Å². The molecule has 0 spiro atoms. The van der Waals surface area contributed by atoms with Gasteiger partial charge in [-0.3, -0.25) is 0 Å². The summed E-state index contributed by atoms with van der Waals surface area (Å²) in [7, 11) is 3.06. The number of guanidine groups is 1. The van der Waals surface area contributed by atoms with Gasteiger partial charge in [0.15, 0.2) is 5.96 Å². The largest absolute Gasteiger partial charge is 0.495 e. The number of aryl methyl sites for hydroxylation is 1. The molecule has 8 nitrogen and oxygen atoms in total. The summed E-state index contributed by atoms with van der Waals surface area (Å²) in [5.74, 6) is 2.51. The maximum atomic E-state index is 11.8. The van der Waals surface area contributed by atoms with E-state index in [1.807, 2.05) is 25.1 Å². The van der Waals surface area contributed by atoms with Crippen LogP contribution in [0.15, 0.2) is 39.7 Å². The molecule has 0 radical (unpaired) electrons. The van der Waals surface area contributed by atoms with Gasteiger partial charge in [0.25, 0.3) is 0 Å². The van der Waals surface area contributed by atoms with Crippen LogP contribution in [0.5, 0.6) is 5.75 Å². The molecule has 8 heteroatoms. The van der Waals surface area contributed by atoms with Gasteiger partial charge in [-0.1, -0.05) is 12.1 Å². The van der Waals surface area contributed by atoms with Gasteiger partial charge in [-0.15, -0.1) is 0 Å². The first-order valence-electron chi connectivity index (χ1n) is 10.2. The van der Waals surface area contributed by atoms with Crippen LogP contribution in [0, 0.1) is 6.92 Å². The molecule has 1 aliphatic rings. The highest BCUT2D eigenvalue weighted by Gasteiger charge is 2.22. The molecule has 162 valence electrons. The number of ether oxygens (including phenoxy) is 2. The molecule has 0 unspecified atom stereocenters. The van der Waals surface area contributed by atoms with Gasteiger partial charge >= 0.3 is 5.97 Å². The SMILES string of the molecule is CCNC(=NCc1cc(C(=O)OC)c(C)o1)N1CCN(c2ccccc2OC)CC1. The maximum absolute atomic E-state index is 11.8. The monoisotopic (exact) mass is 414 g/mol. The molecule has 0 saturated carbocycles. The highest BCUT2D eigenvalue weighted by atomic mass is 16.5. The highest BCUT2D eigenvalue weighted by Crippen LogP contribution is 2.28. The molecular formula is C22H30N4O4. The summed E-state index contributed by atoms with van der Waals surface area (Å²) >= 11 is 0. The summed E-state index contributed by atoms with van der Waals surface area (Å²) < 4.78 is 16.0. The van der Waals surface area contributed by atoms with Gasteiger partial charge in [0.1, 0.15) is 29.4 Å². The number of carbonyl (C=O) groups excluding carboxylic acids is 1. The Balaban J connectivity index is 1.66. The van der Waals surface area contributed by atoms with E-state index in [1.54, 1.807) is 20.1 Å². The molecule has 1 fully saturated rings. The third kappa shape index (κ3) is 4.87. The van der Waals surface area contributed by atoms with Crippen LogP contribution < -0.4 is 15.0 Å². The Morgan fingerprint density at radius 1 is 1.20 bits per heavy atom. The molecule has 0 bridgehead atoms. The van der Waals surface area contributed by atoms with E-state index >= 15 is 0 Å². The summed E-state index contributed by atoms with van der Waals surface area (Å²) in [6.45, 7) is 8.36. The van der Waals surface area contributed by atoms with E-state index in [9.17, 15) is 4.79 Å². The molecule has 2 aromatic rings. The number of rotatable bonds is 6. The van der Waals surface area contributed by atoms with E-state index in [0.29, 0.717) is 23.6 Å². The summed E-state index contributed by atoms with van der Waals surface area (Å²) in [5.41, 5.74) is 1.56. The minimum Gasteiger partial charge on any atom is -0.495 e. The minimum absolute atomic E-state index is 0.354. The predicted octanol–water partition coefficient (Wildman–Crippen LogP) is 2.67. The second-order valence-electron chi connectivity index (χ2n) is 6.99. The zero-order chi connectivity index (χ0) is 21.5. The first kappa shape index (κ1) is 21.5. The molecule has 1 N–H and O–H groups in total. The van der Waals surface area contributed by atoms with Crippen LogP contribution in [0.25, 0.3) is 0 Å². The van der Waals surface area contributed by atoms with Crippen LogP contribution in [-0.4, -0.2) is 63.8 Å². The quantitative estimate of drug-likeness (QED) is 0.442. The van der Waals surface area contributed by atoms with E-state index in [2.05, 4.69) is 21.2 Å². The Morgan fingerprint density at radius 3 is 2.60 bits per heavy atom. The number of piperazine rings is 1. The van der Waals surface area contributed by atoms with Crippen molar-refractivity contribution in [1.82, 2.24) is 10.2 Å². The van der Waals surface area contributed by atoms with Gasteiger partial charge in [-0.25, -0.2) is 9.79 Å². The zero-order valence-corrected chi connectivity index (χ0v) is 18.1. The molecule has 30 heavy (non-hydrogen) atoms. The number of para-hydroxylation sites is 2. The highest BCUT2D eigenvalue weighted by molar-refractivity contribution is 5.90. The summed E-state index contributed by atoms with van der Waals surface area (Å²) in [6.07, 6.45) is 0. The molecule has 2 heterocycles. The maximum Gasteiger partial charge on any atom is 0.341 e. The first-order valence-corrected chi connectivity index (χ1v) is 10.2. The molecule has 0 atom stereocenters. The van der Waals surface area contributed by atoms with Gasteiger partial charge in [-0.2, -0.15) is 0 Å². The van der Waals surface area contributed by atoms with E-state index in [0.717, 1.165) is 50.1 Å². The molecule has 1 aliphatic heterocycles. The lowest BCUT2D eigenvalue weighted by atomic mass is 10.2. The van der Waals surface area contributed by atoms with Gasteiger partial charge in [0.05, 0.1) is 19.9 Å². The number of methoxy groups -OCH3 is 2. The number of carbonyl (C=O) groups is 1. The number of nitrogens with one attached hydrogen (secondary N) is 1. The van der Waals surface area contributed by atoms with E-state index < -0.39 is 5.97 Å². The Hall–Kier alpha value is -3.16. The molecule has 1 aromatic carbocycles. The van der Waals surface area contributed by atoms with Crippen LogP contribution in [0.3, 0.4) is 0 Å². The van der Waals surface area contributed by atoms with Crippen molar-refractivity contribution in [3.8, 4) is 5.75 Å². The number of hydrogen-bond acceptors (Lipinski definition) is 6. The first-order chi connectivity index (χ1) is 14.6. The van der Waals surface area contributed by atoms with Crippen LogP contribution >= 0.6 is 0 Å². The minimum atomic E-state index is -0.397. The number of furan rings is 1. The number of hydrogen-bond donors (Lipinski definition) is 1. The van der Waals surface area contributed by atoms with Crippen LogP contribution in [-0.2, 0) is 11.3 Å². The van der Waals surface area contributed by atoms with Crippen LogP contribution in [0.2, 0.25) is 0 Å². The smallest absolute Gasteiger partial charge is 0.341 e. The van der Waals surface area contributed by atoms with Gasteiger partial charge in [-0.05, 0) is 32.0 Å². The molecule has 0 amide bonds. The summed E-state index contributed by atoms with van der Waals surface area (Å²) in [4.78, 5) is 21.1. The zero-order valence-electron chi connectivity index (χ0n) is 18.1. The van der Waals surface area contributed by atoms with Gasteiger partial charge < -0.3 is 29.0 Å². The standard InChI is InChI=1S/C22H30N4O4/c1-5-23-22(24-15-17-14-18(16(2)30-17)21(27)29-4)26-12-10-25(11-13-26)19-8-6-7-9-20(19)28-3/h6-9,14H,5,10-13,15H2,1-4H3,(H,23,24). The molecule has 3 rings (SSSR count). The molecular weight excluding hydrogens is 384 g/mol. The number of aliphatic imine (C=N–C) groups is 1. The normalized spacial score (nSPS) is 14.6. The van der Waals surface area contributed by atoms with Crippen molar-refractivity contribution in [2.75, 3.05) is 51.8 Å². The number of anilines is 1. The number of benzene rings is 1. The Morgan fingerprint density at radius 2 is 1.93 bits per heavy atom. The van der Waals surface area contributed by atoms with E-state index in [4.69, 9.17) is 18.9 Å². The number of nitrogens with zero attached hydrogens (tertiary/aromatic N) is 3. The second-order valence-corrected chi connectivity index (χ2v) is 6.99. The lowest BCUT2D eigenvalue weighted by molar-refractivity contribution is 0.0599. The Kier molecular flexibility index (Phi) is 7.21. The average Bonchev–Trinajstić information content (AvgIpc) is 3.16. The summed E-state index contributed by atoms with van der Waals surface area (Å²) in [6, 6.07) is 9.79. The lowest BCUT2D eigenvalue weighted by Crippen LogP contribution is -2.52. The van der Waals surface area contributed by atoms with Crippen molar-refractivity contribution in [2.24, 2.45) is 4.99 Å². The molecule has 0 aliphatic carbocycles. The molecule has 1 aromatic heterocycles. The topological polar surface area (TPSA) is 79.5 Å². The third-order valence-electron chi connectivity index (χ3n) is 5.10. The average molecular weight is 415 g/mol. The predicted molar refractivity (Wildman–Crippen MR) is 116 cm³/mol. The van der Waals surface area contributed by atoms with Crippen molar-refractivity contribution in [2.45, 2.75) is 20.4 Å². The van der Waals surface area contributed by atoms with Crippen molar-refractivity contribution in [1.29, 1.82) is 0 Å². The van der Waals surface area contributed by atoms with Crippen LogP contribution in [0.1, 0.15) is 28.8 Å². The van der Waals surface area contributed by atoms with Crippen molar-refractivity contribution in [3.63, 3.8) is 0 Å². The van der Waals surface area contributed by atoms with Crippen molar-refractivity contribution < 1.29 is 18.7 Å². The summed E-state index contributed by atoms with van der Waals surface area (Å²) in [5, 5.41) is 3.35. The van der Waals surface area contributed by atoms with E-state index in [-0.39, 0.29) is 0 Å².